The van der Waals surface area contributed by atoms with E-state index in [1.165, 1.54) is 31.3 Å². The van der Waals surface area contributed by atoms with Gasteiger partial charge in [-0.1, -0.05) is 29.3 Å². The smallest absolute Gasteiger partial charge is 0.295 e. The van der Waals surface area contributed by atoms with E-state index in [9.17, 15) is 14.7 Å². The highest BCUT2D eigenvalue weighted by molar-refractivity contribution is 6.46. The maximum atomic E-state index is 13.1. The Labute approximate surface area is 200 Å². The third-order valence-corrected chi connectivity index (χ3v) is 6.00. The Morgan fingerprint density at radius 1 is 1.09 bits per heavy atom. The zero-order valence-corrected chi connectivity index (χ0v) is 19.4. The molecule has 2 heterocycles. The van der Waals surface area contributed by atoms with Gasteiger partial charge in [-0.2, -0.15) is 0 Å². The summed E-state index contributed by atoms with van der Waals surface area (Å²) in [4.78, 5) is 27.3. The third-order valence-electron chi connectivity index (χ3n) is 5.43. The fourth-order valence-corrected chi connectivity index (χ4v) is 4.57. The van der Waals surface area contributed by atoms with Crippen molar-refractivity contribution < 1.29 is 33.6 Å². The summed E-state index contributed by atoms with van der Waals surface area (Å²) in [6.45, 7) is 1.15. The molecular weight excluding hydrogens is 473 g/mol. The molecular formula is C23H21Cl2NO7. The number of aliphatic hydroxyl groups excluding tert-OH is 1. The molecule has 0 aliphatic carbocycles. The van der Waals surface area contributed by atoms with Crippen LogP contribution >= 0.6 is 23.2 Å². The van der Waals surface area contributed by atoms with Gasteiger partial charge in [0.2, 0.25) is 0 Å². The summed E-state index contributed by atoms with van der Waals surface area (Å²) in [5.41, 5.74) is 0.657. The van der Waals surface area contributed by atoms with Crippen molar-refractivity contribution >= 4 is 40.7 Å². The van der Waals surface area contributed by atoms with Crippen LogP contribution in [0.2, 0.25) is 10.0 Å². The van der Waals surface area contributed by atoms with Gasteiger partial charge in [-0.05, 0) is 29.8 Å². The molecule has 0 bridgehead atoms. The number of ketones is 1. The summed E-state index contributed by atoms with van der Waals surface area (Å²) in [7, 11) is 2.91. The number of ether oxygens (including phenoxy) is 4. The van der Waals surface area contributed by atoms with E-state index in [0.717, 1.165) is 0 Å². The second kappa shape index (κ2) is 9.51. The van der Waals surface area contributed by atoms with Crippen molar-refractivity contribution in [2.24, 2.45) is 0 Å². The minimum Gasteiger partial charge on any atom is -0.507 e. The van der Waals surface area contributed by atoms with Gasteiger partial charge in [0, 0.05) is 19.2 Å². The first kappa shape index (κ1) is 23.2. The van der Waals surface area contributed by atoms with E-state index in [4.69, 9.17) is 42.1 Å². The Morgan fingerprint density at radius 2 is 1.76 bits per heavy atom. The number of rotatable bonds is 6. The maximum Gasteiger partial charge on any atom is 0.295 e. The fourth-order valence-electron chi connectivity index (χ4n) is 3.92. The predicted octanol–water partition coefficient (Wildman–Crippen LogP) is 3.84. The molecule has 1 atom stereocenters. The standard InChI is InChI=1S/C23H21Cl2NO7/c1-30-6-5-26-19(12-3-4-16-17(11-12)33-8-7-32-16)18(21(28)23(26)29)20(27)13-9-14(24)22(31-2)15(25)10-13/h3-4,9-11,19,27H,5-8H2,1-2H3/b20-18+. The highest BCUT2D eigenvalue weighted by Crippen LogP contribution is 2.43. The van der Waals surface area contributed by atoms with Gasteiger partial charge in [0.25, 0.3) is 11.7 Å². The number of likely N-dealkylation sites (tertiary alicyclic amines) is 1. The van der Waals surface area contributed by atoms with Gasteiger partial charge in [0.05, 0.1) is 35.4 Å². The second-order valence-corrected chi connectivity index (χ2v) is 8.18. The van der Waals surface area contributed by atoms with Crippen LogP contribution in [0.1, 0.15) is 17.2 Å². The number of Topliss-reactive ketones (excluding diaryl/α,β-unsaturated/α-hetero) is 1. The lowest BCUT2D eigenvalue weighted by Crippen LogP contribution is -2.32. The molecule has 2 aliphatic heterocycles. The highest BCUT2D eigenvalue weighted by atomic mass is 35.5. The second-order valence-electron chi connectivity index (χ2n) is 7.36. The van der Waals surface area contributed by atoms with Crippen LogP contribution in [0, 0.1) is 0 Å². The van der Waals surface area contributed by atoms with Crippen molar-refractivity contribution in [3.05, 3.63) is 57.1 Å². The van der Waals surface area contributed by atoms with Crippen molar-refractivity contribution in [3.63, 3.8) is 0 Å². The van der Waals surface area contributed by atoms with Gasteiger partial charge in [0.15, 0.2) is 17.2 Å². The number of amides is 1. The molecule has 2 aromatic rings. The SMILES string of the molecule is COCCN1C(=O)C(=O)/C(=C(/O)c2cc(Cl)c(OC)c(Cl)c2)C1c1ccc2c(c1)OCCO2. The van der Waals surface area contributed by atoms with Gasteiger partial charge in [-0.3, -0.25) is 9.59 Å². The van der Waals surface area contributed by atoms with Gasteiger partial charge in [-0.25, -0.2) is 0 Å². The number of carbonyl (C=O) groups excluding carboxylic acids is 2. The zero-order chi connectivity index (χ0) is 23.7. The molecule has 33 heavy (non-hydrogen) atoms. The Balaban J connectivity index is 1.87. The van der Waals surface area contributed by atoms with Crippen molar-refractivity contribution in [1.29, 1.82) is 0 Å². The quantitative estimate of drug-likeness (QED) is 0.371. The molecule has 10 heteroatoms. The number of halogens is 2. The van der Waals surface area contributed by atoms with Crippen LogP contribution in [-0.4, -0.2) is 62.3 Å². The summed E-state index contributed by atoms with van der Waals surface area (Å²) < 4.78 is 21.5. The van der Waals surface area contributed by atoms with E-state index in [1.807, 2.05) is 0 Å². The molecule has 0 spiro atoms. The van der Waals surface area contributed by atoms with Gasteiger partial charge in [-0.15, -0.1) is 0 Å². The molecule has 4 rings (SSSR count). The Hall–Kier alpha value is -2.94. The van der Waals surface area contributed by atoms with Crippen LogP contribution in [-0.2, 0) is 14.3 Å². The average molecular weight is 494 g/mol. The lowest BCUT2D eigenvalue weighted by Gasteiger charge is -2.26. The summed E-state index contributed by atoms with van der Waals surface area (Å²) in [6, 6.07) is 7.10. The van der Waals surface area contributed by atoms with Crippen molar-refractivity contribution in [2.45, 2.75) is 6.04 Å². The highest BCUT2D eigenvalue weighted by Gasteiger charge is 2.46. The number of methoxy groups -OCH3 is 2. The first-order valence-electron chi connectivity index (χ1n) is 10.1. The average Bonchev–Trinajstić information content (AvgIpc) is 3.06. The van der Waals surface area contributed by atoms with Crippen LogP contribution in [0.5, 0.6) is 17.2 Å². The molecule has 1 saturated heterocycles. The minimum absolute atomic E-state index is 0.0925. The number of fused-ring (bicyclic) bond motifs is 1. The van der Waals surface area contributed by atoms with E-state index in [2.05, 4.69) is 0 Å². The largest absolute Gasteiger partial charge is 0.507 e. The summed E-state index contributed by atoms with van der Waals surface area (Å²) in [5, 5.41) is 11.5. The molecule has 2 aromatic carbocycles. The molecule has 2 aliphatic rings. The van der Waals surface area contributed by atoms with Crippen LogP contribution in [0.25, 0.3) is 5.76 Å². The van der Waals surface area contributed by atoms with Gasteiger partial charge >= 0.3 is 0 Å². The predicted molar refractivity (Wildman–Crippen MR) is 121 cm³/mol. The third kappa shape index (κ3) is 4.21. The molecule has 1 amide bonds. The molecule has 1 N–H and O–H groups in total. The fraction of sp³-hybridized carbons (Fsp3) is 0.304. The first-order valence-corrected chi connectivity index (χ1v) is 10.8. The van der Waals surface area contributed by atoms with E-state index in [1.54, 1.807) is 18.2 Å². The lowest BCUT2D eigenvalue weighted by molar-refractivity contribution is -0.140. The Bertz CT molecular complexity index is 1120. The monoisotopic (exact) mass is 493 g/mol. The summed E-state index contributed by atoms with van der Waals surface area (Å²) >= 11 is 12.5. The normalized spacial score (nSPS) is 19.2. The number of hydrogen-bond acceptors (Lipinski definition) is 7. The maximum absolute atomic E-state index is 13.1. The number of carbonyl (C=O) groups is 2. The number of nitrogens with zero attached hydrogens (tertiary/aromatic N) is 1. The van der Waals surface area contributed by atoms with E-state index in [0.29, 0.717) is 30.3 Å². The molecule has 8 nitrogen and oxygen atoms in total. The van der Waals surface area contributed by atoms with E-state index >= 15 is 0 Å². The zero-order valence-electron chi connectivity index (χ0n) is 17.9. The lowest BCUT2D eigenvalue weighted by atomic mass is 9.95. The van der Waals surface area contributed by atoms with E-state index in [-0.39, 0.29) is 40.1 Å². The Morgan fingerprint density at radius 3 is 2.39 bits per heavy atom. The first-order chi connectivity index (χ1) is 15.9. The Kier molecular flexibility index (Phi) is 6.69. The molecule has 174 valence electrons. The topological polar surface area (TPSA) is 94.5 Å². The van der Waals surface area contributed by atoms with Crippen LogP contribution in [0.15, 0.2) is 35.9 Å². The van der Waals surface area contributed by atoms with E-state index < -0.39 is 23.5 Å². The number of benzene rings is 2. The molecule has 0 aromatic heterocycles. The summed E-state index contributed by atoms with van der Waals surface area (Å²) in [5.74, 6) is -0.691. The summed E-state index contributed by atoms with van der Waals surface area (Å²) in [6.07, 6.45) is 0. The molecule has 1 fully saturated rings. The van der Waals surface area contributed by atoms with Crippen molar-refractivity contribution in [3.8, 4) is 17.2 Å². The minimum atomic E-state index is -0.879. The van der Waals surface area contributed by atoms with Gasteiger partial charge < -0.3 is 29.0 Å². The molecule has 0 saturated carbocycles. The van der Waals surface area contributed by atoms with Crippen LogP contribution in [0.3, 0.4) is 0 Å². The van der Waals surface area contributed by atoms with Crippen LogP contribution < -0.4 is 14.2 Å². The van der Waals surface area contributed by atoms with Crippen LogP contribution in [0.4, 0.5) is 0 Å². The van der Waals surface area contributed by atoms with Crippen molar-refractivity contribution in [2.75, 3.05) is 40.6 Å². The van der Waals surface area contributed by atoms with Gasteiger partial charge in [0.1, 0.15) is 19.0 Å². The molecule has 0 radical (unpaired) electrons. The number of hydrogen-bond donors (Lipinski definition) is 1. The number of aliphatic hydroxyl groups is 1. The molecule has 1 unspecified atom stereocenters. The van der Waals surface area contributed by atoms with Crippen molar-refractivity contribution in [1.82, 2.24) is 4.90 Å².